The van der Waals surface area contributed by atoms with Gasteiger partial charge in [-0.3, -0.25) is 0 Å². The van der Waals surface area contributed by atoms with Crippen molar-refractivity contribution in [2.45, 2.75) is 57.8 Å². The van der Waals surface area contributed by atoms with E-state index < -0.39 is 6.09 Å². The Morgan fingerprint density at radius 1 is 0.763 bits per heavy atom. The van der Waals surface area contributed by atoms with Crippen molar-refractivity contribution in [3.63, 3.8) is 0 Å². The van der Waals surface area contributed by atoms with Crippen LogP contribution in [0.5, 0.6) is 5.75 Å². The third-order valence-electron chi connectivity index (χ3n) is 7.10. The molecule has 3 aromatic carbocycles. The molecule has 3 aromatic rings. The lowest BCUT2D eigenvalue weighted by Gasteiger charge is -2.14. The molecule has 0 heterocycles. The van der Waals surface area contributed by atoms with Crippen molar-refractivity contribution in [1.82, 2.24) is 5.32 Å². The highest BCUT2D eigenvalue weighted by Crippen LogP contribution is 2.44. The summed E-state index contributed by atoms with van der Waals surface area (Å²) >= 11 is 0. The monoisotopic (exact) mass is 515 g/mol. The van der Waals surface area contributed by atoms with Crippen LogP contribution in [0.3, 0.4) is 0 Å². The summed E-state index contributed by atoms with van der Waals surface area (Å²) in [5.41, 5.74) is 6.21. The Hall–Kier alpha value is -3.31. The highest BCUT2D eigenvalue weighted by molar-refractivity contribution is 5.79. The number of unbranched alkanes of at least 4 members (excludes halogenated alkanes) is 5. The molecule has 5 nitrogen and oxygen atoms in total. The van der Waals surface area contributed by atoms with Crippen molar-refractivity contribution in [3.8, 4) is 16.9 Å². The van der Waals surface area contributed by atoms with E-state index in [4.69, 9.17) is 14.2 Å². The summed E-state index contributed by atoms with van der Waals surface area (Å²) in [7, 11) is 0. The Kier molecular flexibility index (Phi) is 11.1. The van der Waals surface area contributed by atoms with Crippen LogP contribution in [-0.4, -0.2) is 39.1 Å². The van der Waals surface area contributed by atoms with Crippen LogP contribution in [0, 0.1) is 0 Å². The van der Waals surface area contributed by atoms with Gasteiger partial charge in [0.2, 0.25) is 0 Å². The van der Waals surface area contributed by atoms with E-state index in [0.717, 1.165) is 12.2 Å². The van der Waals surface area contributed by atoms with Crippen LogP contribution >= 0.6 is 0 Å². The minimum Gasteiger partial charge on any atom is -0.491 e. The Bertz CT molecular complexity index is 1080. The van der Waals surface area contributed by atoms with Crippen LogP contribution in [0.25, 0.3) is 11.1 Å². The van der Waals surface area contributed by atoms with Crippen molar-refractivity contribution in [2.75, 3.05) is 33.0 Å². The molecule has 0 saturated carbocycles. The molecule has 4 rings (SSSR count). The topological polar surface area (TPSA) is 56.8 Å². The lowest BCUT2D eigenvalue weighted by molar-refractivity contribution is 0.0972. The molecule has 0 saturated heterocycles. The summed E-state index contributed by atoms with van der Waals surface area (Å²) < 4.78 is 16.9. The molecule has 202 valence electrons. The zero-order valence-electron chi connectivity index (χ0n) is 22.6. The van der Waals surface area contributed by atoms with E-state index in [-0.39, 0.29) is 5.92 Å². The van der Waals surface area contributed by atoms with Crippen LogP contribution in [0.15, 0.2) is 72.8 Å². The van der Waals surface area contributed by atoms with E-state index in [1.165, 1.54) is 66.3 Å². The molecule has 1 aliphatic carbocycles. The molecule has 0 fully saturated rings. The quantitative estimate of drug-likeness (QED) is 0.200. The van der Waals surface area contributed by atoms with Gasteiger partial charge in [-0.2, -0.15) is 0 Å². The lowest BCUT2D eigenvalue weighted by atomic mass is 9.98. The van der Waals surface area contributed by atoms with E-state index in [1.807, 2.05) is 36.4 Å². The molecule has 5 heteroatoms. The van der Waals surface area contributed by atoms with Gasteiger partial charge in [-0.05, 0) is 52.8 Å². The largest absolute Gasteiger partial charge is 0.491 e. The van der Waals surface area contributed by atoms with Gasteiger partial charge < -0.3 is 19.5 Å². The van der Waals surface area contributed by atoms with Crippen LogP contribution in [0.4, 0.5) is 4.79 Å². The Morgan fingerprint density at radius 2 is 1.42 bits per heavy atom. The molecular weight excluding hydrogens is 474 g/mol. The number of benzene rings is 3. The van der Waals surface area contributed by atoms with Gasteiger partial charge in [0.05, 0.1) is 13.2 Å². The summed E-state index contributed by atoms with van der Waals surface area (Å²) in [6.07, 6.45) is 8.62. The van der Waals surface area contributed by atoms with Gasteiger partial charge in [0, 0.05) is 12.5 Å². The van der Waals surface area contributed by atoms with E-state index in [1.54, 1.807) is 0 Å². The number of carbonyl (C=O) groups excluding carboxylic acids is 1. The molecular formula is C33H41NO4. The number of hydrogen-bond donors (Lipinski definition) is 1. The molecule has 1 aliphatic rings. The zero-order chi connectivity index (χ0) is 26.4. The summed E-state index contributed by atoms with van der Waals surface area (Å²) in [6, 6.07) is 25.0. The molecule has 38 heavy (non-hydrogen) atoms. The number of carbonyl (C=O) groups is 1. The van der Waals surface area contributed by atoms with Crippen molar-refractivity contribution >= 4 is 6.09 Å². The Morgan fingerprint density at radius 3 is 2.13 bits per heavy atom. The van der Waals surface area contributed by atoms with Crippen LogP contribution < -0.4 is 10.1 Å². The van der Waals surface area contributed by atoms with Gasteiger partial charge in [-0.25, -0.2) is 4.79 Å². The Balaban J connectivity index is 1.05. The first kappa shape index (κ1) is 27.7. The normalized spacial score (nSPS) is 12.1. The van der Waals surface area contributed by atoms with Crippen molar-refractivity contribution in [3.05, 3.63) is 89.5 Å². The fourth-order valence-electron chi connectivity index (χ4n) is 5.06. The number of ether oxygens (including phenoxy) is 3. The van der Waals surface area contributed by atoms with E-state index in [2.05, 4.69) is 48.6 Å². The van der Waals surface area contributed by atoms with Gasteiger partial charge in [0.15, 0.2) is 0 Å². The molecule has 1 amide bonds. The molecule has 0 spiro atoms. The van der Waals surface area contributed by atoms with Gasteiger partial charge in [0.25, 0.3) is 0 Å². The van der Waals surface area contributed by atoms with Gasteiger partial charge in [-0.1, -0.05) is 99.7 Å². The molecule has 0 unspecified atom stereocenters. The first-order valence-electron chi connectivity index (χ1n) is 14.1. The molecule has 0 radical (unpaired) electrons. The maximum Gasteiger partial charge on any atom is 0.407 e. The fourth-order valence-corrected chi connectivity index (χ4v) is 5.06. The molecule has 0 atom stereocenters. The predicted molar refractivity (Wildman–Crippen MR) is 153 cm³/mol. The van der Waals surface area contributed by atoms with Gasteiger partial charge >= 0.3 is 6.09 Å². The SMILES string of the molecule is CCCCCCCCc1ccc(OCCOCCNC(=O)OCC2c3ccccc3-c3ccccc32)cc1. The summed E-state index contributed by atoms with van der Waals surface area (Å²) in [5.74, 6) is 0.920. The maximum atomic E-state index is 12.2. The second-order valence-electron chi connectivity index (χ2n) is 9.87. The van der Waals surface area contributed by atoms with Crippen molar-refractivity contribution < 1.29 is 19.0 Å². The number of hydrogen-bond acceptors (Lipinski definition) is 4. The molecule has 0 aromatic heterocycles. The number of nitrogens with one attached hydrogen (secondary N) is 1. The highest BCUT2D eigenvalue weighted by Gasteiger charge is 2.28. The second-order valence-corrected chi connectivity index (χ2v) is 9.87. The Labute approximate surface area is 227 Å². The van der Waals surface area contributed by atoms with Crippen LogP contribution in [0.2, 0.25) is 0 Å². The number of amides is 1. The first-order valence-corrected chi connectivity index (χ1v) is 14.1. The number of rotatable bonds is 16. The summed E-state index contributed by atoms with van der Waals surface area (Å²) in [4.78, 5) is 12.2. The number of alkyl carbamates (subject to hydrolysis) is 1. The van der Waals surface area contributed by atoms with Crippen LogP contribution in [0.1, 0.15) is 68.1 Å². The minimum absolute atomic E-state index is 0.0613. The molecule has 1 N–H and O–H groups in total. The highest BCUT2D eigenvalue weighted by atomic mass is 16.6. The summed E-state index contributed by atoms with van der Waals surface area (Å²) in [6.45, 7) is 4.30. The first-order chi connectivity index (χ1) is 18.8. The third kappa shape index (κ3) is 8.09. The van der Waals surface area contributed by atoms with Crippen LogP contribution in [-0.2, 0) is 15.9 Å². The minimum atomic E-state index is -0.423. The molecule has 0 bridgehead atoms. The standard InChI is InChI=1S/C33H41NO4/c1-2-3-4-5-6-7-12-26-17-19-27(20-18-26)37-24-23-36-22-21-34-33(35)38-25-32-30-15-10-8-13-28(30)29-14-9-11-16-31(29)32/h8-11,13-20,32H,2-7,12,21-25H2,1H3,(H,34,35). The summed E-state index contributed by atoms with van der Waals surface area (Å²) in [5, 5.41) is 2.77. The van der Waals surface area contributed by atoms with E-state index in [0.29, 0.717) is 33.0 Å². The average Bonchev–Trinajstić information content (AvgIpc) is 3.27. The fraction of sp³-hybridized carbons (Fsp3) is 0.424. The number of fused-ring (bicyclic) bond motifs is 3. The van der Waals surface area contributed by atoms with Crippen molar-refractivity contribution in [2.24, 2.45) is 0 Å². The van der Waals surface area contributed by atoms with Gasteiger partial charge in [0.1, 0.15) is 19.0 Å². The average molecular weight is 516 g/mol. The van der Waals surface area contributed by atoms with E-state index in [9.17, 15) is 4.79 Å². The zero-order valence-corrected chi connectivity index (χ0v) is 22.6. The smallest absolute Gasteiger partial charge is 0.407 e. The van der Waals surface area contributed by atoms with Crippen molar-refractivity contribution in [1.29, 1.82) is 0 Å². The van der Waals surface area contributed by atoms with E-state index >= 15 is 0 Å². The maximum absolute atomic E-state index is 12.2. The second kappa shape index (κ2) is 15.2. The third-order valence-corrected chi connectivity index (χ3v) is 7.10. The molecule has 0 aliphatic heterocycles. The lowest BCUT2D eigenvalue weighted by Crippen LogP contribution is -2.29. The van der Waals surface area contributed by atoms with Gasteiger partial charge in [-0.15, -0.1) is 0 Å². The predicted octanol–water partition coefficient (Wildman–Crippen LogP) is 7.52. The number of aryl methyl sites for hydroxylation is 1.